The molecule has 2 aromatic heterocycles. The van der Waals surface area contributed by atoms with Gasteiger partial charge in [0.25, 0.3) is 0 Å². The van der Waals surface area contributed by atoms with E-state index in [2.05, 4.69) is 24.7 Å². The van der Waals surface area contributed by atoms with Crippen LogP contribution in [0.25, 0.3) is 11.0 Å². The molecular weight excluding hydrogens is 531 g/mol. The third-order valence-electron chi connectivity index (χ3n) is 8.88. The molecule has 2 aliphatic heterocycles. The number of pyridine rings is 1. The first-order chi connectivity index (χ1) is 19.9. The number of ether oxygens (including phenoxy) is 1. The lowest BCUT2D eigenvalue weighted by atomic mass is 9.60. The number of piperazine rings is 1. The molecule has 4 heterocycles. The number of aromatic amines is 1. The van der Waals surface area contributed by atoms with Crippen molar-refractivity contribution in [2.24, 2.45) is 5.41 Å². The van der Waals surface area contributed by atoms with Crippen molar-refractivity contribution in [1.29, 1.82) is 0 Å². The molecule has 0 unspecified atom stereocenters. The van der Waals surface area contributed by atoms with E-state index >= 15 is 0 Å². The number of carbonyl (C=O) groups is 1. The third kappa shape index (κ3) is 4.95. The Labute approximate surface area is 235 Å². The standard InChI is InChI=1S/C31H30F3N5O2/c32-26-4-1-20(9-27(26)33)16-37-5-7-38(8-6-37)23-12-31(13-23)18-39(19-31)22-3-2-21(17-40)29(10-22)41-24-11-25-28(34)15-36-30(25)35-14-24/h1-4,9-11,14-15,17,23H,5-8,12-13,16,18-19H2,(H,35,36). The zero-order valence-electron chi connectivity index (χ0n) is 22.5. The molecule has 10 heteroatoms. The molecule has 212 valence electrons. The zero-order valence-corrected chi connectivity index (χ0v) is 22.5. The summed E-state index contributed by atoms with van der Waals surface area (Å²) in [7, 11) is 0. The van der Waals surface area contributed by atoms with E-state index in [1.807, 2.05) is 12.1 Å². The molecule has 2 aromatic carbocycles. The molecule has 1 saturated carbocycles. The molecule has 1 N–H and O–H groups in total. The Bertz CT molecular complexity index is 1600. The number of halogens is 3. The summed E-state index contributed by atoms with van der Waals surface area (Å²) in [5, 5.41) is 0.334. The van der Waals surface area contributed by atoms with Crippen LogP contribution >= 0.6 is 0 Å². The predicted octanol–water partition coefficient (Wildman–Crippen LogP) is 5.37. The van der Waals surface area contributed by atoms with E-state index in [0.29, 0.717) is 46.1 Å². The summed E-state index contributed by atoms with van der Waals surface area (Å²) in [5.41, 5.74) is 2.97. The van der Waals surface area contributed by atoms with Gasteiger partial charge < -0.3 is 14.6 Å². The van der Waals surface area contributed by atoms with Crippen LogP contribution in [0.4, 0.5) is 18.9 Å². The van der Waals surface area contributed by atoms with Gasteiger partial charge in [0.2, 0.25) is 0 Å². The summed E-state index contributed by atoms with van der Waals surface area (Å²) >= 11 is 0. The lowest BCUT2D eigenvalue weighted by Crippen LogP contribution is -2.68. The minimum atomic E-state index is -0.806. The number of nitrogens with zero attached hydrogens (tertiary/aromatic N) is 4. The van der Waals surface area contributed by atoms with Crippen LogP contribution in [-0.2, 0) is 6.54 Å². The number of aldehydes is 1. The fourth-order valence-corrected chi connectivity index (χ4v) is 6.63. The van der Waals surface area contributed by atoms with Gasteiger partial charge in [-0.1, -0.05) is 6.07 Å². The Morgan fingerprint density at radius 2 is 1.78 bits per heavy atom. The highest BCUT2D eigenvalue weighted by atomic mass is 19.2. The first kappa shape index (κ1) is 26.0. The van der Waals surface area contributed by atoms with Gasteiger partial charge in [0.1, 0.15) is 23.0 Å². The lowest BCUT2D eigenvalue weighted by Gasteiger charge is -2.62. The number of hydrogen-bond donors (Lipinski definition) is 1. The van der Waals surface area contributed by atoms with Gasteiger partial charge in [0.05, 0.1) is 17.1 Å². The lowest BCUT2D eigenvalue weighted by molar-refractivity contribution is -0.0380. The Balaban J connectivity index is 0.927. The number of fused-ring (bicyclic) bond motifs is 1. The molecule has 0 bridgehead atoms. The predicted molar refractivity (Wildman–Crippen MR) is 149 cm³/mol. The minimum Gasteiger partial charge on any atom is -0.455 e. The quantitative estimate of drug-likeness (QED) is 0.306. The molecule has 0 amide bonds. The molecule has 1 aliphatic carbocycles. The van der Waals surface area contributed by atoms with E-state index < -0.39 is 17.5 Å². The monoisotopic (exact) mass is 561 g/mol. The molecule has 4 aromatic rings. The van der Waals surface area contributed by atoms with Crippen LogP contribution in [0.15, 0.2) is 54.9 Å². The van der Waals surface area contributed by atoms with Gasteiger partial charge >= 0.3 is 0 Å². The van der Waals surface area contributed by atoms with Crippen molar-refractivity contribution in [2.45, 2.75) is 25.4 Å². The average molecular weight is 562 g/mol. The number of H-pyrrole nitrogens is 1. The van der Waals surface area contributed by atoms with E-state index in [1.54, 1.807) is 18.2 Å². The number of carbonyl (C=O) groups excluding carboxylic acids is 1. The van der Waals surface area contributed by atoms with Crippen molar-refractivity contribution in [3.8, 4) is 11.5 Å². The molecule has 0 atom stereocenters. The second kappa shape index (κ2) is 10.2. The molecule has 41 heavy (non-hydrogen) atoms. The zero-order chi connectivity index (χ0) is 28.1. The van der Waals surface area contributed by atoms with E-state index in [1.165, 1.54) is 24.5 Å². The number of benzene rings is 2. The number of anilines is 1. The first-order valence-electron chi connectivity index (χ1n) is 13.9. The largest absolute Gasteiger partial charge is 0.455 e. The van der Waals surface area contributed by atoms with Gasteiger partial charge in [-0.3, -0.25) is 14.6 Å². The summed E-state index contributed by atoms with van der Waals surface area (Å²) in [6, 6.07) is 11.9. The molecule has 3 fully saturated rings. The van der Waals surface area contributed by atoms with Gasteiger partial charge in [0.15, 0.2) is 17.9 Å². The Kier molecular flexibility index (Phi) is 6.47. The number of rotatable bonds is 7. The van der Waals surface area contributed by atoms with Crippen molar-refractivity contribution < 1.29 is 22.7 Å². The number of nitrogens with one attached hydrogen (secondary N) is 1. The van der Waals surface area contributed by atoms with E-state index in [-0.39, 0.29) is 0 Å². The average Bonchev–Trinajstić information content (AvgIpc) is 3.30. The third-order valence-corrected chi connectivity index (χ3v) is 8.88. The SMILES string of the molecule is O=Cc1ccc(N2CC3(CC(N4CCN(Cc5ccc(F)c(F)c5)CC4)C3)C2)cc1Oc1cnc2[nH]cc(F)c2c1. The van der Waals surface area contributed by atoms with E-state index in [9.17, 15) is 18.0 Å². The maximum Gasteiger partial charge on any atom is 0.159 e. The number of aromatic nitrogens is 2. The van der Waals surface area contributed by atoms with Crippen molar-refractivity contribution >= 4 is 23.0 Å². The minimum absolute atomic E-state index is 0.318. The Morgan fingerprint density at radius 1 is 0.976 bits per heavy atom. The van der Waals surface area contributed by atoms with Crippen LogP contribution in [0, 0.1) is 22.9 Å². The van der Waals surface area contributed by atoms with Crippen LogP contribution in [0.1, 0.15) is 28.8 Å². The second-order valence-electron chi connectivity index (χ2n) is 11.6. The van der Waals surface area contributed by atoms with Gasteiger partial charge in [0, 0.05) is 75.2 Å². The highest BCUT2D eigenvalue weighted by Gasteiger charge is 2.54. The van der Waals surface area contributed by atoms with Gasteiger partial charge in [-0.2, -0.15) is 0 Å². The molecule has 2 saturated heterocycles. The van der Waals surface area contributed by atoms with Gasteiger partial charge in [-0.05, 0) is 48.7 Å². The summed E-state index contributed by atoms with van der Waals surface area (Å²) in [5.74, 6) is -1.22. The van der Waals surface area contributed by atoms with Crippen LogP contribution in [-0.4, -0.2) is 71.4 Å². The van der Waals surface area contributed by atoms with Crippen molar-refractivity contribution in [1.82, 2.24) is 19.8 Å². The molecule has 7 rings (SSSR count). The molecule has 0 radical (unpaired) electrons. The smallest absolute Gasteiger partial charge is 0.159 e. The van der Waals surface area contributed by atoms with Crippen molar-refractivity contribution in [3.63, 3.8) is 0 Å². The van der Waals surface area contributed by atoms with Crippen molar-refractivity contribution in [2.75, 3.05) is 44.2 Å². The summed E-state index contributed by atoms with van der Waals surface area (Å²) in [6.07, 6.45) is 5.85. The van der Waals surface area contributed by atoms with Gasteiger partial charge in [-0.15, -0.1) is 0 Å². The van der Waals surface area contributed by atoms with Crippen LogP contribution in [0.5, 0.6) is 11.5 Å². The second-order valence-corrected chi connectivity index (χ2v) is 11.6. The molecule has 3 aliphatic rings. The molecular formula is C31H30F3N5O2. The summed E-state index contributed by atoms with van der Waals surface area (Å²) in [6.45, 7) is 6.35. The fourth-order valence-electron chi connectivity index (χ4n) is 6.63. The van der Waals surface area contributed by atoms with Crippen LogP contribution in [0.3, 0.4) is 0 Å². The van der Waals surface area contributed by atoms with E-state index in [4.69, 9.17) is 4.74 Å². The maximum absolute atomic E-state index is 14.0. The Morgan fingerprint density at radius 3 is 2.54 bits per heavy atom. The van der Waals surface area contributed by atoms with E-state index in [0.717, 1.165) is 69.6 Å². The van der Waals surface area contributed by atoms with Crippen LogP contribution in [0.2, 0.25) is 0 Å². The highest BCUT2D eigenvalue weighted by molar-refractivity contribution is 5.82. The summed E-state index contributed by atoms with van der Waals surface area (Å²) < 4.78 is 46.8. The van der Waals surface area contributed by atoms with Crippen LogP contribution < -0.4 is 9.64 Å². The number of hydrogen-bond acceptors (Lipinski definition) is 6. The molecule has 1 spiro atoms. The molecule has 7 nitrogen and oxygen atoms in total. The highest BCUT2D eigenvalue weighted by Crippen LogP contribution is 2.52. The first-order valence-corrected chi connectivity index (χ1v) is 13.9. The van der Waals surface area contributed by atoms with Crippen molar-refractivity contribution in [3.05, 3.63) is 83.4 Å². The maximum atomic E-state index is 14.0. The topological polar surface area (TPSA) is 64.7 Å². The van der Waals surface area contributed by atoms with Gasteiger partial charge in [-0.25, -0.2) is 18.2 Å². The Hall–Kier alpha value is -3.89. The fraction of sp³-hybridized carbons (Fsp3) is 0.355. The summed E-state index contributed by atoms with van der Waals surface area (Å²) in [4.78, 5) is 25.8. The normalized spacial score (nSPS) is 19.3.